The second-order valence-corrected chi connectivity index (χ2v) is 11.3. The highest BCUT2D eigenvalue weighted by molar-refractivity contribution is 7.90. The molecule has 12 heteroatoms. The van der Waals surface area contributed by atoms with Gasteiger partial charge in [-0.2, -0.15) is 13.2 Å². The van der Waals surface area contributed by atoms with E-state index < -0.39 is 62.0 Å². The fraction of sp³-hybridized carbons (Fsp3) is 0.417. The van der Waals surface area contributed by atoms with Crippen molar-refractivity contribution < 1.29 is 40.0 Å². The number of amides is 2. The van der Waals surface area contributed by atoms with E-state index in [1.165, 1.54) is 0 Å². The van der Waals surface area contributed by atoms with E-state index in [1.807, 2.05) is 0 Å². The number of benzene rings is 2. The summed E-state index contributed by atoms with van der Waals surface area (Å²) in [5, 5.41) is 0. The summed E-state index contributed by atoms with van der Waals surface area (Å²) in [6.45, 7) is -0.0597. The monoisotopic (exact) mass is 530 g/mol. The highest BCUT2D eigenvalue weighted by Gasteiger charge is 2.59. The van der Waals surface area contributed by atoms with E-state index in [2.05, 4.69) is 0 Å². The van der Waals surface area contributed by atoms with Crippen LogP contribution in [0.25, 0.3) is 0 Å². The molecule has 0 radical (unpaired) electrons. The molecule has 2 aliphatic rings. The molecule has 1 heterocycles. The Labute approximate surface area is 204 Å². The Hall–Kier alpha value is -3.02. The molecule has 4 rings (SSSR count). The van der Waals surface area contributed by atoms with Gasteiger partial charge in [-0.3, -0.25) is 9.59 Å². The van der Waals surface area contributed by atoms with Crippen molar-refractivity contribution in [1.82, 2.24) is 4.90 Å². The predicted octanol–water partition coefficient (Wildman–Crippen LogP) is 4.04. The number of carbonyl (C=O) groups is 2. The molecule has 2 aromatic rings. The number of hydrogen-bond acceptors (Lipinski definition) is 4. The third-order valence-electron chi connectivity index (χ3n) is 6.96. The average molecular weight is 531 g/mol. The summed E-state index contributed by atoms with van der Waals surface area (Å²) < 4.78 is 93.1. The fourth-order valence-corrected chi connectivity index (χ4v) is 5.83. The molecule has 0 spiro atoms. The molecule has 2 atom stereocenters. The quantitative estimate of drug-likeness (QED) is 0.450. The molecule has 1 unspecified atom stereocenters. The lowest BCUT2D eigenvalue weighted by atomic mass is 9.73. The van der Waals surface area contributed by atoms with E-state index >= 15 is 4.39 Å². The largest absolute Gasteiger partial charge is 0.416 e. The van der Waals surface area contributed by atoms with Crippen molar-refractivity contribution in [3.8, 4) is 0 Å². The zero-order valence-corrected chi connectivity index (χ0v) is 19.9. The summed E-state index contributed by atoms with van der Waals surface area (Å²) in [5.41, 5.74) is 1.97. The van der Waals surface area contributed by atoms with Gasteiger partial charge in [0, 0.05) is 18.7 Å². The van der Waals surface area contributed by atoms with Crippen molar-refractivity contribution in [2.75, 3.05) is 12.8 Å². The van der Waals surface area contributed by atoms with Crippen molar-refractivity contribution in [1.29, 1.82) is 0 Å². The van der Waals surface area contributed by atoms with Crippen molar-refractivity contribution in [3.63, 3.8) is 0 Å². The second-order valence-electron chi connectivity index (χ2n) is 9.31. The van der Waals surface area contributed by atoms with Crippen LogP contribution in [0.2, 0.25) is 0 Å². The molecule has 0 bridgehead atoms. The highest BCUT2D eigenvalue weighted by Crippen LogP contribution is 2.54. The number of primary amides is 1. The summed E-state index contributed by atoms with van der Waals surface area (Å²) >= 11 is 0. The lowest BCUT2D eigenvalue weighted by molar-refractivity contribution is -0.138. The molecule has 1 saturated heterocycles. The zero-order chi connectivity index (χ0) is 26.6. The minimum absolute atomic E-state index is 0.0108. The molecule has 2 fully saturated rings. The summed E-state index contributed by atoms with van der Waals surface area (Å²) in [6, 6.07) is 4.69. The number of carbonyl (C=O) groups excluding carboxylic acids is 2. The first-order valence-corrected chi connectivity index (χ1v) is 13.0. The minimum atomic E-state index is -4.78. The molecular formula is C24H23F5N2O4S. The number of nitrogens with zero attached hydrogens (tertiary/aromatic N) is 1. The normalized spacial score (nSPS) is 21.4. The van der Waals surface area contributed by atoms with Crippen LogP contribution in [0.3, 0.4) is 0 Å². The SMILES string of the molecule is CS(=O)(=O)c1ccc(F)c(C(=O)N2CCCC2(C(N)=O)[C@@H](c2ccc(C(F)(F)F)cc2F)C2CC2)c1. The Balaban J connectivity index is 1.84. The number of nitrogens with two attached hydrogens (primary N) is 1. The average Bonchev–Trinajstić information content (AvgIpc) is 3.50. The van der Waals surface area contributed by atoms with Gasteiger partial charge in [0.2, 0.25) is 5.91 Å². The van der Waals surface area contributed by atoms with Crippen molar-refractivity contribution >= 4 is 21.7 Å². The van der Waals surface area contributed by atoms with Crippen LogP contribution in [0.1, 0.15) is 53.1 Å². The first-order chi connectivity index (χ1) is 16.7. The molecule has 194 valence electrons. The van der Waals surface area contributed by atoms with Crippen LogP contribution in [0, 0.1) is 17.6 Å². The smallest absolute Gasteiger partial charge is 0.368 e. The topological polar surface area (TPSA) is 97.5 Å². The molecule has 6 nitrogen and oxygen atoms in total. The first kappa shape index (κ1) is 26.1. The van der Waals surface area contributed by atoms with Gasteiger partial charge in [0.25, 0.3) is 5.91 Å². The highest BCUT2D eigenvalue weighted by atomic mass is 32.2. The van der Waals surface area contributed by atoms with E-state index in [0.717, 1.165) is 35.4 Å². The Kier molecular flexibility index (Phi) is 6.39. The van der Waals surface area contributed by atoms with Gasteiger partial charge in [0.1, 0.15) is 17.2 Å². The number of rotatable bonds is 6. The minimum Gasteiger partial charge on any atom is -0.368 e. The van der Waals surface area contributed by atoms with E-state index in [4.69, 9.17) is 5.73 Å². The molecule has 2 aromatic carbocycles. The van der Waals surface area contributed by atoms with Gasteiger partial charge in [-0.05, 0) is 67.5 Å². The van der Waals surface area contributed by atoms with Gasteiger partial charge in [-0.15, -0.1) is 0 Å². The van der Waals surface area contributed by atoms with E-state index in [9.17, 15) is 35.6 Å². The van der Waals surface area contributed by atoms with Gasteiger partial charge in [-0.25, -0.2) is 17.2 Å². The number of halogens is 5. The predicted molar refractivity (Wildman–Crippen MR) is 119 cm³/mol. The Morgan fingerprint density at radius 3 is 2.28 bits per heavy atom. The maximum atomic E-state index is 15.1. The Morgan fingerprint density at radius 2 is 1.75 bits per heavy atom. The van der Waals surface area contributed by atoms with Crippen LogP contribution < -0.4 is 5.73 Å². The molecule has 1 saturated carbocycles. The zero-order valence-electron chi connectivity index (χ0n) is 19.1. The van der Waals surface area contributed by atoms with Gasteiger partial charge >= 0.3 is 6.18 Å². The van der Waals surface area contributed by atoms with Crippen LogP contribution in [0.5, 0.6) is 0 Å². The van der Waals surface area contributed by atoms with Crippen LogP contribution in [0.15, 0.2) is 41.3 Å². The third-order valence-corrected chi connectivity index (χ3v) is 8.07. The summed E-state index contributed by atoms with van der Waals surface area (Å²) in [7, 11) is -3.80. The summed E-state index contributed by atoms with van der Waals surface area (Å²) in [6.07, 6.45) is -2.61. The molecular weight excluding hydrogens is 507 g/mol. The Morgan fingerprint density at radius 1 is 1.08 bits per heavy atom. The lowest BCUT2D eigenvalue weighted by Gasteiger charge is -2.43. The Bertz CT molecular complexity index is 1340. The summed E-state index contributed by atoms with van der Waals surface area (Å²) in [5.74, 6) is -5.63. The standard InChI is InChI=1S/C24H23F5N2O4S/c1-36(34,35)15-6-8-18(25)17(12-15)21(32)31-10-2-9-23(31,22(30)33)20(13-3-4-13)16-7-5-14(11-19(16)26)24(27,28)29/h5-8,11-13,20H,2-4,9-10H2,1H3,(H2,30,33)/t20-,23?/m1/s1. The van der Waals surface area contributed by atoms with Crippen molar-refractivity contribution in [2.24, 2.45) is 11.7 Å². The molecule has 36 heavy (non-hydrogen) atoms. The molecule has 2 amide bonds. The van der Waals surface area contributed by atoms with Crippen molar-refractivity contribution in [2.45, 2.75) is 48.2 Å². The number of alkyl halides is 3. The number of likely N-dealkylation sites (tertiary alicyclic amines) is 1. The summed E-state index contributed by atoms with van der Waals surface area (Å²) in [4.78, 5) is 27.3. The van der Waals surface area contributed by atoms with Crippen molar-refractivity contribution in [3.05, 3.63) is 64.7 Å². The maximum Gasteiger partial charge on any atom is 0.416 e. The van der Waals surface area contributed by atoms with Crippen LogP contribution >= 0.6 is 0 Å². The van der Waals surface area contributed by atoms with Gasteiger partial charge in [-0.1, -0.05) is 6.07 Å². The second kappa shape index (κ2) is 8.82. The van der Waals surface area contributed by atoms with Crippen LogP contribution in [-0.4, -0.2) is 43.5 Å². The van der Waals surface area contributed by atoms with Crippen LogP contribution in [0.4, 0.5) is 22.0 Å². The molecule has 1 aliphatic heterocycles. The maximum absolute atomic E-state index is 15.1. The molecule has 2 N–H and O–H groups in total. The van der Waals surface area contributed by atoms with Gasteiger partial charge in [0.15, 0.2) is 9.84 Å². The fourth-order valence-electron chi connectivity index (χ4n) is 5.19. The van der Waals surface area contributed by atoms with E-state index in [-0.39, 0.29) is 35.8 Å². The van der Waals surface area contributed by atoms with Gasteiger partial charge < -0.3 is 10.6 Å². The van der Waals surface area contributed by atoms with Gasteiger partial charge in [0.05, 0.1) is 16.0 Å². The lowest BCUT2D eigenvalue weighted by Crippen LogP contribution is -2.60. The number of sulfone groups is 1. The third kappa shape index (κ3) is 4.46. The molecule has 0 aromatic heterocycles. The molecule has 1 aliphatic carbocycles. The number of hydrogen-bond donors (Lipinski definition) is 1. The first-order valence-electron chi connectivity index (χ1n) is 11.2. The van der Waals surface area contributed by atoms with E-state index in [0.29, 0.717) is 25.0 Å². The van der Waals surface area contributed by atoms with E-state index in [1.54, 1.807) is 0 Å². The van der Waals surface area contributed by atoms with Crippen LogP contribution in [-0.2, 0) is 20.8 Å².